The lowest BCUT2D eigenvalue weighted by molar-refractivity contribution is -0.142. The fourth-order valence-corrected chi connectivity index (χ4v) is 8.49. The van der Waals surface area contributed by atoms with Gasteiger partial charge in [0.25, 0.3) is 0 Å². The molecule has 2 heterocycles. The molecule has 0 saturated carbocycles. The monoisotopic (exact) mass is 1030 g/mol. The number of carbonyl (C=O) groups is 8. The molecule has 0 aliphatic carbocycles. The van der Waals surface area contributed by atoms with Gasteiger partial charge in [0.1, 0.15) is 36.0 Å². The second-order valence-electron chi connectivity index (χ2n) is 19.0. The molecule has 1 aliphatic rings. The number of imidazole rings is 1. The van der Waals surface area contributed by atoms with Crippen LogP contribution in [0.15, 0.2) is 67.1 Å². The number of phenols is 1. The third-order valence-electron chi connectivity index (χ3n) is 12.8. The lowest BCUT2D eigenvalue weighted by Crippen LogP contribution is -2.61. The van der Waals surface area contributed by atoms with Crippen LogP contribution in [0.1, 0.15) is 83.0 Å². The van der Waals surface area contributed by atoms with Crippen molar-refractivity contribution < 1.29 is 53.7 Å². The molecular weight excluding hydrogens is 959 g/mol. The minimum absolute atomic E-state index is 0.0338. The van der Waals surface area contributed by atoms with Crippen molar-refractivity contribution in [3.8, 4) is 5.75 Å². The molecule has 0 bridgehead atoms. The Morgan fingerprint density at radius 2 is 1.41 bits per heavy atom. The smallest absolute Gasteiger partial charge is 0.326 e. The molecular formula is C50H73N13O11. The summed E-state index contributed by atoms with van der Waals surface area (Å²) in [5.74, 6) is -8.23. The molecule has 16 N–H and O–H groups in total. The zero-order valence-electron chi connectivity index (χ0n) is 42.3. The standard InChI is InChI=1S/C50H73N13O11/c1-5-29(4)42(48(72)57-33(23-32-25-54-27-56-32)26-63-20-10-14-39(63)46(70)60-38(49(73)74)22-30-11-7-6-8-12-30)62-45(69)37(21-31-15-17-34(64)18-16-31)59-47(71)41(28(2)3)61-44(68)36(13-9-19-55-50(52)53)58-43(67)35(51)24-40(65)66/h6-8,11-12,15-18,25,27-29,33,35-39,41-42,64H,5,9-10,13-14,19-24,26,51H2,1-4H3,(H,54,56)(H,57,72)(H,58,67)(H,59,71)(H,60,70)(H,61,68)(H,62,69)(H,65,66)(H,73,74)(H4,52,53,55)/t29-,33-,35-,36-,37-,38?,39-,41-,42-/m0/s1. The number of H-pyrrole nitrogens is 1. The van der Waals surface area contributed by atoms with E-state index < -0.39 is 114 Å². The number of rotatable bonds is 30. The van der Waals surface area contributed by atoms with Crippen molar-refractivity contribution in [2.45, 2.75) is 134 Å². The quantitative estimate of drug-likeness (QED) is 0.0225. The maximum atomic E-state index is 14.6. The summed E-state index contributed by atoms with van der Waals surface area (Å²) >= 11 is 0. The van der Waals surface area contributed by atoms with Gasteiger partial charge in [-0.1, -0.05) is 76.6 Å². The van der Waals surface area contributed by atoms with Gasteiger partial charge in [-0.15, -0.1) is 0 Å². The van der Waals surface area contributed by atoms with E-state index in [1.165, 1.54) is 18.5 Å². The largest absolute Gasteiger partial charge is 0.508 e. The van der Waals surface area contributed by atoms with Crippen LogP contribution < -0.4 is 48.7 Å². The second-order valence-corrected chi connectivity index (χ2v) is 19.0. The van der Waals surface area contributed by atoms with Crippen LogP contribution in [0.3, 0.4) is 0 Å². The Hall–Kier alpha value is -7.60. The minimum Gasteiger partial charge on any atom is -0.508 e. The molecule has 1 unspecified atom stereocenters. The van der Waals surface area contributed by atoms with Gasteiger partial charge < -0.3 is 69.0 Å². The molecule has 24 nitrogen and oxygen atoms in total. The number of carbonyl (C=O) groups excluding carboxylic acids is 6. The van der Waals surface area contributed by atoms with E-state index in [9.17, 15) is 53.7 Å². The number of amides is 6. The number of nitrogens with one attached hydrogen (secondary N) is 9. The van der Waals surface area contributed by atoms with Crippen LogP contribution in [0, 0.1) is 17.2 Å². The van der Waals surface area contributed by atoms with Crippen molar-refractivity contribution in [2.75, 3.05) is 19.6 Å². The lowest BCUT2D eigenvalue weighted by atomic mass is 9.96. The Morgan fingerprint density at radius 3 is 2.01 bits per heavy atom. The number of hydrogen-bond acceptors (Lipinski definition) is 13. The molecule has 74 heavy (non-hydrogen) atoms. The topological polar surface area (TPSA) is 389 Å². The summed E-state index contributed by atoms with van der Waals surface area (Å²) in [5, 5.41) is 55.7. The van der Waals surface area contributed by atoms with E-state index in [0.717, 1.165) is 5.56 Å². The number of benzene rings is 2. The number of carboxylic acids is 2. The van der Waals surface area contributed by atoms with Crippen molar-refractivity contribution in [1.29, 1.82) is 5.41 Å². The van der Waals surface area contributed by atoms with Crippen LogP contribution in [0.2, 0.25) is 0 Å². The summed E-state index contributed by atoms with van der Waals surface area (Å²) in [6.07, 6.45) is 4.34. The van der Waals surface area contributed by atoms with Crippen LogP contribution >= 0.6 is 0 Å². The first kappa shape index (κ1) is 59.0. The molecule has 24 heteroatoms. The third kappa shape index (κ3) is 19.1. The van der Waals surface area contributed by atoms with Gasteiger partial charge in [0, 0.05) is 44.6 Å². The number of nitrogens with two attached hydrogens (primary N) is 2. The Bertz CT molecular complexity index is 2350. The normalized spacial score (nSPS) is 16.7. The van der Waals surface area contributed by atoms with Crippen LogP contribution in [-0.4, -0.2) is 151 Å². The zero-order valence-corrected chi connectivity index (χ0v) is 42.3. The van der Waals surface area contributed by atoms with Gasteiger partial charge in [0.05, 0.1) is 30.5 Å². The average molecular weight is 1030 g/mol. The number of guanidine groups is 1. The lowest BCUT2D eigenvalue weighted by Gasteiger charge is -2.32. The summed E-state index contributed by atoms with van der Waals surface area (Å²) < 4.78 is 0. The first-order valence-corrected chi connectivity index (χ1v) is 24.8. The molecule has 3 aromatic rings. The van der Waals surface area contributed by atoms with Crippen molar-refractivity contribution >= 4 is 53.3 Å². The summed E-state index contributed by atoms with van der Waals surface area (Å²) in [6.45, 7) is 7.71. The third-order valence-corrected chi connectivity index (χ3v) is 12.8. The van der Waals surface area contributed by atoms with Crippen molar-refractivity contribution in [3.05, 3.63) is 83.9 Å². The molecule has 404 valence electrons. The summed E-state index contributed by atoms with van der Waals surface area (Å²) in [6, 6.07) is 5.76. The van der Waals surface area contributed by atoms with E-state index in [2.05, 4.69) is 47.2 Å². The molecule has 1 saturated heterocycles. The fraction of sp³-hybridized carbons (Fsp3) is 0.520. The van der Waals surface area contributed by atoms with Crippen LogP contribution in [0.4, 0.5) is 0 Å². The van der Waals surface area contributed by atoms with Gasteiger partial charge in [-0.2, -0.15) is 0 Å². The van der Waals surface area contributed by atoms with Crippen LogP contribution in [0.5, 0.6) is 5.75 Å². The number of carboxylic acid groups (broad SMARTS) is 2. The predicted octanol–water partition coefficient (Wildman–Crippen LogP) is -0.632. The maximum absolute atomic E-state index is 14.6. The molecule has 1 fully saturated rings. The molecule has 6 amide bonds. The van der Waals surface area contributed by atoms with E-state index in [-0.39, 0.29) is 56.9 Å². The number of likely N-dealkylation sites (tertiary alicyclic amines) is 1. The molecule has 1 aliphatic heterocycles. The Labute approximate surface area is 429 Å². The molecule has 9 atom stereocenters. The average Bonchev–Trinajstić information content (AvgIpc) is 4.05. The number of aromatic amines is 1. The van der Waals surface area contributed by atoms with Crippen molar-refractivity contribution in [3.63, 3.8) is 0 Å². The fourth-order valence-electron chi connectivity index (χ4n) is 8.49. The van der Waals surface area contributed by atoms with Crippen LogP contribution in [0.25, 0.3) is 0 Å². The maximum Gasteiger partial charge on any atom is 0.326 e. The molecule has 0 spiro atoms. The Kier molecular flexibility index (Phi) is 23.3. The van der Waals surface area contributed by atoms with E-state index in [0.29, 0.717) is 37.1 Å². The molecule has 0 radical (unpaired) electrons. The number of phenolic OH excluding ortho intramolecular Hbond substituents is 1. The summed E-state index contributed by atoms with van der Waals surface area (Å²) in [4.78, 5) is 117. The van der Waals surface area contributed by atoms with E-state index in [4.69, 9.17) is 16.9 Å². The molecule has 2 aromatic carbocycles. The minimum atomic E-state index is -1.49. The van der Waals surface area contributed by atoms with E-state index in [1.807, 2.05) is 17.9 Å². The Balaban J connectivity index is 1.56. The number of aliphatic carboxylic acids is 2. The SMILES string of the molecule is CC[C@H](C)[C@H](NC(=O)[C@H](Cc1ccc(O)cc1)NC(=O)[C@@H](NC(=O)[C@H](CCCNC(=N)N)NC(=O)[C@@H](N)CC(=O)O)C(C)C)C(=O)N[C@@H](Cc1c[nH]cn1)CN1CCC[C@H]1C(=O)NC(Cc1ccccc1)C(=O)O. The van der Waals surface area contributed by atoms with Gasteiger partial charge >= 0.3 is 11.9 Å². The Morgan fingerprint density at radius 1 is 0.784 bits per heavy atom. The second kappa shape index (κ2) is 29.2. The van der Waals surface area contributed by atoms with Crippen molar-refractivity contribution in [2.24, 2.45) is 23.3 Å². The number of hydrogen-bond donors (Lipinski definition) is 14. The van der Waals surface area contributed by atoms with Gasteiger partial charge in [-0.3, -0.25) is 43.9 Å². The van der Waals surface area contributed by atoms with Gasteiger partial charge in [0.2, 0.25) is 35.4 Å². The summed E-state index contributed by atoms with van der Waals surface area (Å²) in [5.41, 5.74) is 13.0. The number of nitrogens with zero attached hydrogens (tertiary/aromatic N) is 2. The van der Waals surface area contributed by atoms with Crippen molar-refractivity contribution in [1.82, 2.24) is 52.1 Å². The van der Waals surface area contributed by atoms with Crippen LogP contribution in [-0.2, 0) is 57.6 Å². The first-order chi connectivity index (χ1) is 35.1. The van der Waals surface area contributed by atoms with E-state index in [1.54, 1.807) is 63.4 Å². The highest BCUT2D eigenvalue weighted by atomic mass is 16.4. The van der Waals surface area contributed by atoms with Gasteiger partial charge in [-0.05, 0) is 67.3 Å². The highest BCUT2D eigenvalue weighted by Gasteiger charge is 2.38. The predicted molar refractivity (Wildman–Crippen MR) is 272 cm³/mol. The molecule has 4 rings (SSSR count). The summed E-state index contributed by atoms with van der Waals surface area (Å²) in [7, 11) is 0. The highest BCUT2D eigenvalue weighted by Crippen LogP contribution is 2.20. The highest BCUT2D eigenvalue weighted by molar-refractivity contribution is 5.96. The molecule has 1 aromatic heterocycles. The number of aromatic hydroxyl groups is 1. The van der Waals surface area contributed by atoms with E-state index >= 15 is 0 Å². The van der Waals surface area contributed by atoms with Gasteiger partial charge in [0.15, 0.2) is 5.96 Å². The first-order valence-electron chi connectivity index (χ1n) is 24.8. The zero-order chi connectivity index (χ0) is 54.5. The van der Waals surface area contributed by atoms with Gasteiger partial charge in [-0.25, -0.2) is 9.78 Å². The number of aromatic nitrogens is 2.